The van der Waals surface area contributed by atoms with Gasteiger partial charge in [-0.1, -0.05) is 0 Å². The zero-order valence-electron chi connectivity index (χ0n) is 9.47. The summed E-state index contributed by atoms with van der Waals surface area (Å²) in [5.74, 6) is 0. The van der Waals surface area contributed by atoms with Crippen molar-refractivity contribution in [1.29, 1.82) is 0 Å². The molecule has 4 heteroatoms. The maximum atomic E-state index is 9.82. The summed E-state index contributed by atoms with van der Waals surface area (Å²) in [7, 11) is 1.68. The summed E-state index contributed by atoms with van der Waals surface area (Å²) in [5.41, 5.74) is 0.410. The zero-order chi connectivity index (χ0) is 11.3. The highest BCUT2D eigenvalue weighted by atomic mass is 16.5. The van der Waals surface area contributed by atoms with Gasteiger partial charge in [-0.15, -0.1) is 0 Å². The summed E-state index contributed by atoms with van der Waals surface area (Å²) in [6, 6.07) is 0. The van der Waals surface area contributed by atoms with Crippen LogP contribution in [0.5, 0.6) is 0 Å². The molecule has 1 rings (SSSR count). The summed E-state index contributed by atoms with van der Waals surface area (Å²) in [6.45, 7) is 3.99. The largest absolute Gasteiger partial charge is 0.387 e. The Hall–Kier alpha value is -1.00. The minimum Gasteiger partial charge on any atom is -0.387 e. The Morgan fingerprint density at radius 2 is 2.20 bits per heavy atom. The second-order valence-corrected chi connectivity index (χ2v) is 4.15. The molecule has 0 aliphatic heterocycles. The van der Waals surface area contributed by atoms with Crippen LogP contribution in [0.15, 0.2) is 18.6 Å². The van der Waals surface area contributed by atoms with Gasteiger partial charge in [0.2, 0.25) is 0 Å². The number of ether oxygens (including phenoxy) is 1. The standard InChI is InChI=1S/C11H18N2O2/c1-11(2,15-3)5-4-10(14)9-8-12-6-7-13-9/h6-8,10,14H,4-5H2,1-3H3. The van der Waals surface area contributed by atoms with Gasteiger partial charge >= 0.3 is 0 Å². The van der Waals surface area contributed by atoms with Crippen molar-refractivity contribution in [1.82, 2.24) is 9.97 Å². The molecule has 0 aliphatic rings. The van der Waals surface area contributed by atoms with Crippen LogP contribution in [0.2, 0.25) is 0 Å². The van der Waals surface area contributed by atoms with Gasteiger partial charge in [0.05, 0.1) is 23.6 Å². The van der Waals surface area contributed by atoms with Gasteiger partial charge in [-0.05, 0) is 26.7 Å². The number of nitrogens with zero attached hydrogens (tertiary/aromatic N) is 2. The molecule has 0 fully saturated rings. The molecule has 0 amide bonds. The number of hydrogen-bond acceptors (Lipinski definition) is 4. The number of aromatic nitrogens is 2. The number of aliphatic hydroxyl groups excluding tert-OH is 1. The lowest BCUT2D eigenvalue weighted by Gasteiger charge is -2.23. The first kappa shape index (κ1) is 12.1. The van der Waals surface area contributed by atoms with E-state index in [2.05, 4.69) is 9.97 Å². The molecular weight excluding hydrogens is 192 g/mol. The van der Waals surface area contributed by atoms with Crippen LogP contribution in [0.4, 0.5) is 0 Å². The molecule has 0 radical (unpaired) electrons. The summed E-state index contributed by atoms with van der Waals surface area (Å²) in [6.07, 6.45) is 5.61. The van der Waals surface area contributed by atoms with Crippen molar-refractivity contribution in [3.63, 3.8) is 0 Å². The first-order valence-corrected chi connectivity index (χ1v) is 5.04. The molecule has 0 saturated heterocycles. The van der Waals surface area contributed by atoms with E-state index in [1.54, 1.807) is 25.7 Å². The monoisotopic (exact) mass is 210 g/mol. The van der Waals surface area contributed by atoms with Gasteiger partial charge in [0, 0.05) is 19.5 Å². The molecular formula is C11H18N2O2. The predicted molar refractivity (Wildman–Crippen MR) is 57.3 cm³/mol. The van der Waals surface area contributed by atoms with E-state index in [0.29, 0.717) is 12.1 Å². The van der Waals surface area contributed by atoms with Crippen molar-refractivity contribution in [3.05, 3.63) is 24.3 Å². The molecule has 1 heterocycles. The van der Waals surface area contributed by atoms with Crippen LogP contribution < -0.4 is 0 Å². The molecule has 15 heavy (non-hydrogen) atoms. The Morgan fingerprint density at radius 3 is 2.73 bits per heavy atom. The Balaban J connectivity index is 2.47. The Bertz CT molecular complexity index is 288. The maximum Gasteiger partial charge on any atom is 0.0976 e. The molecule has 0 aliphatic carbocycles. The van der Waals surface area contributed by atoms with Crippen LogP contribution in [0.25, 0.3) is 0 Å². The van der Waals surface area contributed by atoms with Crippen LogP contribution in [0, 0.1) is 0 Å². The fourth-order valence-corrected chi connectivity index (χ4v) is 1.22. The summed E-state index contributed by atoms with van der Waals surface area (Å²) in [4.78, 5) is 7.97. The Kier molecular flexibility index (Phi) is 4.17. The van der Waals surface area contributed by atoms with Gasteiger partial charge in [-0.25, -0.2) is 0 Å². The maximum absolute atomic E-state index is 9.82. The minimum atomic E-state index is -0.562. The van der Waals surface area contributed by atoms with E-state index in [1.807, 2.05) is 13.8 Å². The fourth-order valence-electron chi connectivity index (χ4n) is 1.22. The van der Waals surface area contributed by atoms with Crippen LogP contribution >= 0.6 is 0 Å². The van der Waals surface area contributed by atoms with Crippen LogP contribution in [0.1, 0.15) is 38.5 Å². The molecule has 0 saturated carbocycles. The van der Waals surface area contributed by atoms with Crippen molar-refractivity contribution in [2.75, 3.05) is 7.11 Å². The van der Waals surface area contributed by atoms with Crippen molar-refractivity contribution in [3.8, 4) is 0 Å². The van der Waals surface area contributed by atoms with E-state index in [9.17, 15) is 5.11 Å². The summed E-state index contributed by atoms with van der Waals surface area (Å²) >= 11 is 0. The molecule has 1 aromatic rings. The van der Waals surface area contributed by atoms with Gasteiger partial charge in [-0.2, -0.15) is 0 Å². The first-order chi connectivity index (χ1) is 7.05. The van der Waals surface area contributed by atoms with Crippen LogP contribution in [-0.4, -0.2) is 27.8 Å². The van der Waals surface area contributed by atoms with Crippen molar-refractivity contribution in [2.45, 2.75) is 38.4 Å². The highest BCUT2D eigenvalue weighted by Gasteiger charge is 2.19. The molecule has 1 unspecified atom stereocenters. The van der Waals surface area contributed by atoms with E-state index in [4.69, 9.17) is 4.74 Å². The van der Waals surface area contributed by atoms with Gasteiger partial charge in [-0.3, -0.25) is 9.97 Å². The quantitative estimate of drug-likeness (QED) is 0.804. The molecule has 4 nitrogen and oxygen atoms in total. The van der Waals surface area contributed by atoms with Crippen molar-refractivity contribution >= 4 is 0 Å². The summed E-state index contributed by atoms with van der Waals surface area (Å²) in [5, 5.41) is 9.82. The van der Waals surface area contributed by atoms with Crippen molar-refractivity contribution in [2.24, 2.45) is 0 Å². The minimum absolute atomic E-state index is 0.205. The molecule has 0 bridgehead atoms. The van der Waals surface area contributed by atoms with Crippen LogP contribution in [-0.2, 0) is 4.74 Å². The smallest absolute Gasteiger partial charge is 0.0976 e. The lowest BCUT2D eigenvalue weighted by atomic mass is 9.99. The SMILES string of the molecule is COC(C)(C)CCC(O)c1cnccn1. The second kappa shape index (κ2) is 5.19. The van der Waals surface area contributed by atoms with Gasteiger partial charge < -0.3 is 9.84 Å². The summed E-state index contributed by atoms with van der Waals surface area (Å²) < 4.78 is 5.28. The molecule has 84 valence electrons. The third-order valence-corrected chi connectivity index (χ3v) is 2.50. The fraction of sp³-hybridized carbons (Fsp3) is 0.636. The lowest BCUT2D eigenvalue weighted by Crippen LogP contribution is -2.23. The average Bonchev–Trinajstić information content (AvgIpc) is 2.27. The van der Waals surface area contributed by atoms with Gasteiger partial charge in [0.1, 0.15) is 0 Å². The topological polar surface area (TPSA) is 55.2 Å². The highest BCUT2D eigenvalue weighted by Crippen LogP contribution is 2.22. The third-order valence-electron chi connectivity index (χ3n) is 2.50. The number of hydrogen-bond donors (Lipinski definition) is 1. The molecule has 0 aromatic carbocycles. The number of rotatable bonds is 5. The lowest BCUT2D eigenvalue weighted by molar-refractivity contribution is 0.00238. The van der Waals surface area contributed by atoms with E-state index in [-0.39, 0.29) is 5.60 Å². The third kappa shape index (κ3) is 3.93. The van der Waals surface area contributed by atoms with Crippen molar-refractivity contribution < 1.29 is 9.84 Å². The van der Waals surface area contributed by atoms with E-state index >= 15 is 0 Å². The normalized spacial score (nSPS) is 13.9. The van der Waals surface area contributed by atoms with Crippen LogP contribution in [0.3, 0.4) is 0 Å². The predicted octanol–water partition coefficient (Wildman–Crippen LogP) is 1.72. The molecule has 1 atom stereocenters. The van der Waals surface area contributed by atoms with E-state index < -0.39 is 6.10 Å². The van der Waals surface area contributed by atoms with E-state index in [1.165, 1.54) is 0 Å². The Labute approximate surface area is 90.3 Å². The second-order valence-electron chi connectivity index (χ2n) is 4.15. The average molecular weight is 210 g/mol. The molecule has 0 spiro atoms. The van der Waals surface area contributed by atoms with Gasteiger partial charge in [0.15, 0.2) is 0 Å². The molecule has 1 aromatic heterocycles. The van der Waals surface area contributed by atoms with Gasteiger partial charge in [0.25, 0.3) is 0 Å². The number of aliphatic hydroxyl groups is 1. The highest BCUT2D eigenvalue weighted by molar-refractivity contribution is 4.99. The Morgan fingerprint density at radius 1 is 1.47 bits per heavy atom. The number of methoxy groups -OCH3 is 1. The first-order valence-electron chi connectivity index (χ1n) is 5.04. The zero-order valence-corrected chi connectivity index (χ0v) is 9.47. The van der Waals surface area contributed by atoms with E-state index in [0.717, 1.165) is 6.42 Å². The molecule has 1 N–H and O–H groups in total.